The highest BCUT2D eigenvalue weighted by molar-refractivity contribution is 5.40. The fourth-order valence-corrected chi connectivity index (χ4v) is 3.95. The fourth-order valence-electron chi connectivity index (χ4n) is 3.95. The third-order valence-electron chi connectivity index (χ3n) is 5.11. The van der Waals surface area contributed by atoms with Crippen LogP contribution >= 0.6 is 0 Å². The normalized spacial score (nSPS) is 19.4. The molecule has 23 heavy (non-hydrogen) atoms. The molecule has 0 aliphatic carbocycles. The van der Waals surface area contributed by atoms with E-state index in [1.165, 1.54) is 24.0 Å². The molecule has 0 amide bonds. The molecule has 1 unspecified atom stereocenters. The fraction of sp³-hybridized carbons (Fsp3) is 0.429. The highest BCUT2D eigenvalue weighted by Gasteiger charge is 2.38. The van der Waals surface area contributed by atoms with Crippen molar-refractivity contribution in [2.24, 2.45) is 5.92 Å². The molecule has 1 heterocycles. The third kappa shape index (κ3) is 3.49. The lowest BCUT2D eigenvalue weighted by molar-refractivity contribution is 0.124. The zero-order valence-corrected chi connectivity index (χ0v) is 14.0. The van der Waals surface area contributed by atoms with Crippen molar-refractivity contribution in [2.75, 3.05) is 26.2 Å². The Labute approximate surface area is 139 Å². The molecule has 0 aromatic heterocycles. The van der Waals surface area contributed by atoms with E-state index in [0.717, 1.165) is 19.6 Å². The molecule has 2 aromatic carbocycles. The summed E-state index contributed by atoms with van der Waals surface area (Å²) >= 11 is 0. The van der Waals surface area contributed by atoms with Crippen molar-refractivity contribution in [3.8, 4) is 0 Å². The van der Waals surface area contributed by atoms with Gasteiger partial charge in [0.2, 0.25) is 0 Å². The van der Waals surface area contributed by atoms with Gasteiger partial charge in [0.1, 0.15) is 0 Å². The zero-order chi connectivity index (χ0) is 16.1. The van der Waals surface area contributed by atoms with Gasteiger partial charge >= 0.3 is 0 Å². The second-order valence-electron chi connectivity index (χ2n) is 6.94. The Kier molecular flexibility index (Phi) is 5.14. The number of aliphatic hydroxyl groups is 1. The minimum atomic E-state index is 0.0654. The maximum absolute atomic E-state index is 9.40. The van der Waals surface area contributed by atoms with E-state index in [2.05, 4.69) is 72.5 Å². The van der Waals surface area contributed by atoms with Crippen LogP contribution < -0.4 is 0 Å². The Morgan fingerprint density at radius 3 is 2.09 bits per heavy atom. The van der Waals surface area contributed by atoms with Crippen molar-refractivity contribution in [3.05, 3.63) is 71.8 Å². The Balaban J connectivity index is 1.96. The van der Waals surface area contributed by atoms with Gasteiger partial charge in [-0.2, -0.15) is 0 Å². The lowest BCUT2D eigenvalue weighted by Crippen LogP contribution is -2.48. The minimum Gasteiger partial charge on any atom is -0.396 e. The highest BCUT2D eigenvalue weighted by Crippen LogP contribution is 2.40. The standard InChI is InChI=1S/C21H27NO/c1-18(16-23)15-22-14-8-13-21(17-22,19-9-4-2-5-10-19)20-11-6-3-7-12-20/h2-7,9-12,18,23H,8,13-17H2,1H3. The lowest BCUT2D eigenvalue weighted by Gasteiger charge is -2.44. The molecule has 1 aliphatic heterocycles. The van der Waals surface area contributed by atoms with Crippen LogP contribution in [0.2, 0.25) is 0 Å². The minimum absolute atomic E-state index is 0.0654. The molecule has 1 N–H and O–H groups in total. The molecule has 1 atom stereocenters. The molecule has 1 saturated heterocycles. The summed E-state index contributed by atoms with van der Waals surface area (Å²) in [6.45, 7) is 5.52. The molecule has 0 bridgehead atoms. The zero-order valence-electron chi connectivity index (χ0n) is 14.0. The summed E-state index contributed by atoms with van der Waals surface area (Å²) in [5.41, 5.74) is 2.88. The first-order valence-corrected chi connectivity index (χ1v) is 8.69. The molecule has 1 aliphatic rings. The number of hydrogen-bond donors (Lipinski definition) is 1. The van der Waals surface area contributed by atoms with E-state index in [4.69, 9.17) is 0 Å². The maximum atomic E-state index is 9.40. The van der Waals surface area contributed by atoms with E-state index in [0.29, 0.717) is 5.92 Å². The molecular formula is C21H27NO. The predicted octanol–water partition coefficient (Wildman–Crippen LogP) is 3.70. The van der Waals surface area contributed by atoms with E-state index >= 15 is 0 Å². The Morgan fingerprint density at radius 1 is 1.00 bits per heavy atom. The topological polar surface area (TPSA) is 23.5 Å². The second-order valence-corrected chi connectivity index (χ2v) is 6.94. The summed E-state index contributed by atoms with van der Waals surface area (Å²) in [6.07, 6.45) is 2.38. The van der Waals surface area contributed by atoms with Gasteiger partial charge in [0.05, 0.1) is 0 Å². The van der Waals surface area contributed by atoms with E-state index in [1.807, 2.05) is 0 Å². The second kappa shape index (κ2) is 7.29. The van der Waals surface area contributed by atoms with Crippen LogP contribution in [-0.2, 0) is 5.41 Å². The largest absolute Gasteiger partial charge is 0.396 e. The van der Waals surface area contributed by atoms with Crippen molar-refractivity contribution in [1.29, 1.82) is 0 Å². The van der Waals surface area contributed by atoms with E-state index in [-0.39, 0.29) is 12.0 Å². The van der Waals surface area contributed by atoms with Crippen LogP contribution in [0.5, 0.6) is 0 Å². The van der Waals surface area contributed by atoms with Gasteiger partial charge in [-0.15, -0.1) is 0 Å². The number of rotatable bonds is 5. The monoisotopic (exact) mass is 309 g/mol. The molecule has 2 nitrogen and oxygen atoms in total. The molecule has 1 fully saturated rings. The number of aliphatic hydroxyl groups excluding tert-OH is 1. The van der Waals surface area contributed by atoms with Gasteiger partial charge in [-0.1, -0.05) is 67.6 Å². The quantitative estimate of drug-likeness (QED) is 0.910. The summed E-state index contributed by atoms with van der Waals surface area (Å²) in [4.78, 5) is 2.53. The van der Waals surface area contributed by atoms with Gasteiger partial charge < -0.3 is 10.0 Å². The van der Waals surface area contributed by atoms with Crippen LogP contribution in [0.25, 0.3) is 0 Å². The molecular weight excluding hydrogens is 282 g/mol. The van der Waals surface area contributed by atoms with Crippen LogP contribution in [0, 0.1) is 5.92 Å². The van der Waals surface area contributed by atoms with Gasteiger partial charge in [-0.05, 0) is 36.4 Å². The lowest BCUT2D eigenvalue weighted by atomic mass is 9.69. The van der Waals surface area contributed by atoms with Crippen LogP contribution in [0.15, 0.2) is 60.7 Å². The molecule has 122 valence electrons. The first-order valence-electron chi connectivity index (χ1n) is 8.69. The Morgan fingerprint density at radius 2 is 1.57 bits per heavy atom. The molecule has 0 spiro atoms. The molecule has 0 radical (unpaired) electrons. The number of likely N-dealkylation sites (tertiary alicyclic amines) is 1. The van der Waals surface area contributed by atoms with Crippen molar-refractivity contribution in [3.63, 3.8) is 0 Å². The molecule has 2 aromatic rings. The summed E-state index contributed by atoms with van der Waals surface area (Å²) in [7, 11) is 0. The maximum Gasteiger partial charge on any atom is 0.0468 e. The van der Waals surface area contributed by atoms with Gasteiger partial charge in [-0.25, -0.2) is 0 Å². The van der Waals surface area contributed by atoms with Crippen molar-refractivity contribution < 1.29 is 5.11 Å². The van der Waals surface area contributed by atoms with E-state index in [1.54, 1.807) is 0 Å². The smallest absolute Gasteiger partial charge is 0.0468 e. The molecule has 2 heteroatoms. The average Bonchev–Trinajstić information content (AvgIpc) is 2.63. The van der Waals surface area contributed by atoms with E-state index < -0.39 is 0 Å². The molecule has 3 rings (SSSR count). The highest BCUT2D eigenvalue weighted by atomic mass is 16.3. The predicted molar refractivity (Wildman–Crippen MR) is 95.6 cm³/mol. The van der Waals surface area contributed by atoms with Crippen LogP contribution in [0.1, 0.15) is 30.9 Å². The number of piperidine rings is 1. The number of benzene rings is 2. The number of hydrogen-bond acceptors (Lipinski definition) is 2. The SMILES string of the molecule is CC(CO)CN1CCCC(c2ccccc2)(c2ccccc2)C1. The van der Waals surface area contributed by atoms with Gasteiger partial charge in [0, 0.05) is 25.1 Å². The third-order valence-corrected chi connectivity index (χ3v) is 5.11. The Bertz CT molecular complexity index is 556. The summed E-state index contributed by atoms with van der Waals surface area (Å²) < 4.78 is 0. The first kappa shape index (κ1) is 16.2. The van der Waals surface area contributed by atoms with Crippen molar-refractivity contribution in [2.45, 2.75) is 25.2 Å². The van der Waals surface area contributed by atoms with Crippen molar-refractivity contribution in [1.82, 2.24) is 4.90 Å². The van der Waals surface area contributed by atoms with Gasteiger partial charge in [0.25, 0.3) is 0 Å². The molecule has 0 saturated carbocycles. The van der Waals surface area contributed by atoms with Crippen LogP contribution in [-0.4, -0.2) is 36.2 Å². The Hall–Kier alpha value is -1.64. The van der Waals surface area contributed by atoms with Gasteiger partial charge in [0.15, 0.2) is 0 Å². The summed E-state index contributed by atoms with van der Waals surface area (Å²) in [6, 6.07) is 21.9. The average molecular weight is 309 g/mol. The van der Waals surface area contributed by atoms with Crippen LogP contribution in [0.4, 0.5) is 0 Å². The van der Waals surface area contributed by atoms with Crippen molar-refractivity contribution >= 4 is 0 Å². The summed E-state index contributed by atoms with van der Waals surface area (Å²) in [5.74, 6) is 0.331. The first-order chi connectivity index (χ1) is 11.2. The van der Waals surface area contributed by atoms with E-state index in [9.17, 15) is 5.11 Å². The van der Waals surface area contributed by atoms with Crippen LogP contribution in [0.3, 0.4) is 0 Å². The number of nitrogens with zero attached hydrogens (tertiary/aromatic N) is 1. The summed E-state index contributed by atoms with van der Waals surface area (Å²) in [5, 5.41) is 9.40. The van der Waals surface area contributed by atoms with Gasteiger partial charge in [-0.3, -0.25) is 0 Å².